The maximum atomic E-state index is 12.1. The highest BCUT2D eigenvalue weighted by molar-refractivity contribution is 5.76. The van der Waals surface area contributed by atoms with Crippen molar-refractivity contribution in [3.63, 3.8) is 0 Å². The number of hydrogen-bond acceptors (Lipinski definition) is 2. The molecular weight excluding hydrogens is 256 g/mol. The number of carboxylic acids is 1. The van der Waals surface area contributed by atoms with Gasteiger partial charge >= 0.3 is 12.0 Å². The third-order valence-electron chi connectivity index (χ3n) is 4.68. The minimum absolute atomic E-state index is 0.0101. The van der Waals surface area contributed by atoms with Gasteiger partial charge in [0.05, 0.1) is 6.42 Å². The number of nitrogens with zero attached hydrogens (tertiary/aromatic N) is 1. The number of hydrogen-bond donors (Lipinski definition) is 2. The zero-order valence-electron chi connectivity index (χ0n) is 12.3. The van der Waals surface area contributed by atoms with E-state index in [-0.39, 0.29) is 24.4 Å². The molecule has 0 radical (unpaired) electrons. The minimum atomic E-state index is -0.774. The molecule has 2 fully saturated rings. The third kappa shape index (κ3) is 3.87. The highest BCUT2D eigenvalue weighted by atomic mass is 16.4. The van der Waals surface area contributed by atoms with Gasteiger partial charge in [-0.3, -0.25) is 4.79 Å². The first-order valence-corrected chi connectivity index (χ1v) is 7.87. The molecule has 1 aliphatic carbocycles. The summed E-state index contributed by atoms with van der Waals surface area (Å²) >= 11 is 0. The summed E-state index contributed by atoms with van der Waals surface area (Å²) in [4.78, 5) is 24.5. The van der Waals surface area contributed by atoms with Crippen molar-refractivity contribution >= 4 is 12.0 Å². The van der Waals surface area contributed by atoms with E-state index in [9.17, 15) is 9.59 Å². The number of rotatable bonds is 5. The molecule has 1 saturated carbocycles. The molecule has 2 amide bonds. The lowest BCUT2D eigenvalue weighted by Crippen LogP contribution is -2.56. The Bertz CT molecular complexity index is 347. The van der Waals surface area contributed by atoms with Crippen molar-refractivity contribution in [1.29, 1.82) is 0 Å². The number of nitrogens with one attached hydrogen (secondary N) is 1. The van der Waals surface area contributed by atoms with Gasteiger partial charge in [-0.1, -0.05) is 26.2 Å². The van der Waals surface area contributed by atoms with Crippen LogP contribution in [0.25, 0.3) is 0 Å². The van der Waals surface area contributed by atoms with Crippen LogP contribution >= 0.6 is 0 Å². The molecule has 0 aromatic heterocycles. The molecule has 0 bridgehead atoms. The molecule has 0 aromatic rings. The van der Waals surface area contributed by atoms with E-state index in [0.29, 0.717) is 19.0 Å². The summed E-state index contributed by atoms with van der Waals surface area (Å²) in [5.41, 5.74) is 0. The van der Waals surface area contributed by atoms with Crippen LogP contribution in [0.15, 0.2) is 0 Å². The molecule has 2 aliphatic rings. The Morgan fingerprint density at radius 1 is 1.25 bits per heavy atom. The molecule has 5 nitrogen and oxygen atoms in total. The molecule has 1 heterocycles. The molecule has 0 spiro atoms. The summed E-state index contributed by atoms with van der Waals surface area (Å²) in [6.07, 6.45) is 7.47. The number of amides is 2. The summed E-state index contributed by atoms with van der Waals surface area (Å²) in [5, 5.41) is 11.9. The van der Waals surface area contributed by atoms with E-state index in [1.54, 1.807) is 4.90 Å². The van der Waals surface area contributed by atoms with E-state index in [1.165, 1.54) is 32.1 Å². The van der Waals surface area contributed by atoms with Crippen molar-refractivity contribution < 1.29 is 14.7 Å². The van der Waals surface area contributed by atoms with Crippen LogP contribution in [0.1, 0.15) is 51.9 Å². The van der Waals surface area contributed by atoms with Crippen molar-refractivity contribution in [2.45, 2.75) is 57.9 Å². The van der Waals surface area contributed by atoms with Crippen LogP contribution in [0.2, 0.25) is 0 Å². The lowest BCUT2D eigenvalue weighted by molar-refractivity contribution is -0.139. The molecule has 2 rings (SSSR count). The van der Waals surface area contributed by atoms with Crippen molar-refractivity contribution in [2.24, 2.45) is 11.8 Å². The molecular formula is C15H26N2O3. The minimum Gasteiger partial charge on any atom is -0.481 e. The molecule has 1 atom stereocenters. The van der Waals surface area contributed by atoms with E-state index in [0.717, 1.165) is 6.42 Å². The van der Waals surface area contributed by atoms with E-state index in [1.807, 2.05) is 0 Å². The Kier molecular flexibility index (Phi) is 5.26. The Labute approximate surface area is 120 Å². The maximum Gasteiger partial charge on any atom is 0.317 e. The average Bonchev–Trinajstić information content (AvgIpc) is 2.40. The van der Waals surface area contributed by atoms with Crippen LogP contribution in [0.3, 0.4) is 0 Å². The van der Waals surface area contributed by atoms with Crippen molar-refractivity contribution in [1.82, 2.24) is 10.2 Å². The first-order valence-electron chi connectivity index (χ1n) is 7.87. The van der Waals surface area contributed by atoms with Crippen LogP contribution in [0, 0.1) is 11.8 Å². The normalized spacial score (nSPS) is 22.1. The summed E-state index contributed by atoms with van der Waals surface area (Å²) < 4.78 is 0. The van der Waals surface area contributed by atoms with E-state index in [2.05, 4.69) is 12.2 Å². The predicted octanol–water partition coefficient (Wildman–Crippen LogP) is 2.46. The quantitative estimate of drug-likeness (QED) is 0.813. The second kappa shape index (κ2) is 6.95. The Balaban J connectivity index is 1.74. The van der Waals surface area contributed by atoms with E-state index < -0.39 is 5.97 Å². The fraction of sp³-hybridized carbons (Fsp3) is 0.867. The SMILES string of the molecule is CCC(NC(=O)N1CC(CC(=O)O)C1)C1CCCCC1. The van der Waals surface area contributed by atoms with E-state index >= 15 is 0 Å². The van der Waals surface area contributed by atoms with Crippen molar-refractivity contribution in [2.75, 3.05) is 13.1 Å². The van der Waals surface area contributed by atoms with Gasteiger partial charge < -0.3 is 15.3 Å². The van der Waals surface area contributed by atoms with Gasteiger partial charge in [-0.15, -0.1) is 0 Å². The van der Waals surface area contributed by atoms with Gasteiger partial charge in [0.2, 0.25) is 0 Å². The smallest absolute Gasteiger partial charge is 0.317 e. The molecule has 5 heteroatoms. The fourth-order valence-electron chi connectivity index (χ4n) is 3.45. The van der Waals surface area contributed by atoms with Gasteiger partial charge in [-0.05, 0) is 25.2 Å². The maximum absolute atomic E-state index is 12.1. The van der Waals surface area contributed by atoms with Gasteiger partial charge in [0.1, 0.15) is 0 Å². The summed E-state index contributed by atoms with van der Waals surface area (Å²) in [7, 11) is 0. The number of aliphatic carboxylic acids is 1. The highest BCUT2D eigenvalue weighted by Gasteiger charge is 2.33. The van der Waals surface area contributed by atoms with E-state index in [4.69, 9.17) is 5.11 Å². The molecule has 1 unspecified atom stereocenters. The highest BCUT2D eigenvalue weighted by Crippen LogP contribution is 2.28. The lowest BCUT2D eigenvalue weighted by Gasteiger charge is -2.40. The topological polar surface area (TPSA) is 69.6 Å². The predicted molar refractivity (Wildman–Crippen MR) is 76.5 cm³/mol. The van der Waals surface area contributed by atoms with Crippen LogP contribution in [0.4, 0.5) is 4.79 Å². The molecule has 0 aromatic carbocycles. The Morgan fingerprint density at radius 3 is 2.45 bits per heavy atom. The molecule has 20 heavy (non-hydrogen) atoms. The molecule has 1 saturated heterocycles. The summed E-state index contributed by atoms with van der Waals surface area (Å²) in [5.74, 6) is -0.0227. The number of carbonyl (C=O) groups is 2. The zero-order valence-corrected chi connectivity index (χ0v) is 12.3. The summed E-state index contributed by atoms with van der Waals surface area (Å²) in [6.45, 7) is 3.29. The number of urea groups is 1. The summed E-state index contributed by atoms with van der Waals surface area (Å²) in [6, 6.07) is 0.269. The third-order valence-corrected chi connectivity index (χ3v) is 4.68. The largest absolute Gasteiger partial charge is 0.481 e. The molecule has 1 aliphatic heterocycles. The molecule has 114 valence electrons. The van der Waals surface area contributed by atoms with Gasteiger partial charge in [0, 0.05) is 25.0 Å². The van der Waals surface area contributed by atoms with Crippen LogP contribution in [-0.4, -0.2) is 41.1 Å². The van der Waals surface area contributed by atoms with Crippen LogP contribution < -0.4 is 5.32 Å². The second-order valence-electron chi connectivity index (χ2n) is 6.23. The zero-order chi connectivity index (χ0) is 14.5. The van der Waals surface area contributed by atoms with Crippen LogP contribution in [-0.2, 0) is 4.79 Å². The van der Waals surface area contributed by atoms with Crippen molar-refractivity contribution in [3.05, 3.63) is 0 Å². The number of carboxylic acid groups (broad SMARTS) is 1. The average molecular weight is 282 g/mol. The van der Waals surface area contributed by atoms with Gasteiger partial charge in [-0.2, -0.15) is 0 Å². The first-order chi connectivity index (χ1) is 9.60. The van der Waals surface area contributed by atoms with Gasteiger partial charge in [-0.25, -0.2) is 4.79 Å². The number of likely N-dealkylation sites (tertiary alicyclic amines) is 1. The fourth-order valence-corrected chi connectivity index (χ4v) is 3.45. The standard InChI is InChI=1S/C15H26N2O3/c1-2-13(12-6-4-3-5-7-12)16-15(20)17-9-11(10-17)8-14(18)19/h11-13H,2-10H2,1H3,(H,16,20)(H,18,19). The monoisotopic (exact) mass is 282 g/mol. The van der Waals surface area contributed by atoms with Crippen LogP contribution in [0.5, 0.6) is 0 Å². The van der Waals surface area contributed by atoms with Gasteiger partial charge in [0.25, 0.3) is 0 Å². The first kappa shape index (κ1) is 15.1. The number of carbonyl (C=O) groups excluding carboxylic acids is 1. The van der Waals surface area contributed by atoms with Gasteiger partial charge in [0.15, 0.2) is 0 Å². The Hall–Kier alpha value is -1.26. The Morgan fingerprint density at radius 2 is 1.90 bits per heavy atom. The molecule has 2 N–H and O–H groups in total. The van der Waals surface area contributed by atoms with Crippen molar-refractivity contribution in [3.8, 4) is 0 Å². The second-order valence-corrected chi connectivity index (χ2v) is 6.23. The lowest BCUT2D eigenvalue weighted by atomic mass is 9.83.